The number of aromatic nitrogens is 2. The Labute approximate surface area is 188 Å². The van der Waals surface area contributed by atoms with Crippen LogP contribution in [0.15, 0.2) is 47.5 Å². The Bertz CT molecular complexity index is 1250. The third-order valence-electron chi connectivity index (χ3n) is 5.63. The minimum atomic E-state index is -2.68. The minimum absolute atomic E-state index is 0.00168. The predicted molar refractivity (Wildman–Crippen MR) is 119 cm³/mol. The van der Waals surface area contributed by atoms with E-state index in [4.69, 9.17) is 0 Å². The molecule has 0 bridgehead atoms. The molecule has 1 fully saturated rings. The van der Waals surface area contributed by atoms with Gasteiger partial charge in [0.15, 0.2) is 0 Å². The second-order valence-electron chi connectivity index (χ2n) is 8.01. The lowest BCUT2D eigenvalue weighted by atomic mass is 10.1. The Morgan fingerprint density at radius 3 is 2.76 bits per heavy atom. The SMILES string of the molecule is CN1CCN(c2ccc3c(c2)[nH]/c(=N\C(=O)c2cccc(C(F)F)c2)n3CCCO)C(=O)C1. The summed E-state index contributed by atoms with van der Waals surface area (Å²) >= 11 is 0. The number of aromatic amines is 1. The molecule has 10 heteroatoms. The molecule has 0 saturated carbocycles. The number of H-pyrrole nitrogens is 1. The number of halogens is 2. The van der Waals surface area contributed by atoms with Gasteiger partial charge in [-0.05, 0) is 43.8 Å². The van der Waals surface area contributed by atoms with Crippen molar-refractivity contribution in [3.05, 3.63) is 59.2 Å². The Kier molecular flexibility index (Phi) is 6.66. The summed E-state index contributed by atoms with van der Waals surface area (Å²) in [6.07, 6.45) is -2.25. The molecule has 0 aliphatic carbocycles. The number of carbonyl (C=O) groups is 2. The zero-order valence-corrected chi connectivity index (χ0v) is 18.2. The standard InChI is InChI=1S/C23H25F2N5O3/c1-28-9-10-29(20(32)14-28)17-6-7-19-18(13-17)26-23(30(19)8-3-11-31)27-22(33)16-5-2-4-15(12-16)21(24)25/h2,4-7,12-13,21,31H,3,8-11,14H2,1H3,(H,26,27,33). The van der Waals surface area contributed by atoms with Gasteiger partial charge in [0.1, 0.15) is 0 Å². The molecule has 1 aliphatic rings. The summed E-state index contributed by atoms with van der Waals surface area (Å²) < 4.78 is 27.8. The molecule has 2 N–H and O–H groups in total. The van der Waals surface area contributed by atoms with Gasteiger partial charge in [-0.15, -0.1) is 0 Å². The van der Waals surface area contributed by atoms with E-state index in [1.54, 1.807) is 9.47 Å². The minimum Gasteiger partial charge on any atom is -0.396 e. The van der Waals surface area contributed by atoms with Gasteiger partial charge < -0.3 is 19.6 Å². The normalized spacial score (nSPS) is 15.7. The molecule has 2 amide bonds. The van der Waals surface area contributed by atoms with Gasteiger partial charge in [-0.3, -0.25) is 14.5 Å². The number of amides is 2. The number of aliphatic hydroxyl groups is 1. The number of likely N-dealkylation sites (N-methyl/N-ethyl adjacent to an activating group) is 1. The first-order valence-corrected chi connectivity index (χ1v) is 10.7. The van der Waals surface area contributed by atoms with E-state index in [9.17, 15) is 23.5 Å². The van der Waals surface area contributed by atoms with E-state index in [0.29, 0.717) is 31.6 Å². The molecule has 1 aliphatic heterocycles. The van der Waals surface area contributed by atoms with Gasteiger partial charge in [0, 0.05) is 43.1 Å². The van der Waals surface area contributed by atoms with Gasteiger partial charge in [-0.1, -0.05) is 12.1 Å². The Balaban J connectivity index is 1.74. The van der Waals surface area contributed by atoms with Crippen LogP contribution in [0.25, 0.3) is 11.0 Å². The fourth-order valence-electron chi connectivity index (χ4n) is 3.90. The largest absolute Gasteiger partial charge is 0.396 e. The molecule has 0 unspecified atom stereocenters. The molecule has 0 atom stereocenters. The molecule has 174 valence electrons. The molecule has 0 radical (unpaired) electrons. The van der Waals surface area contributed by atoms with E-state index in [0.717, 1.165) is 23.8 Å². The fraction of sp³-hybridized carbons (Fsp3) is 0.348. The lowest BCUT2D eigenvalue weighted by Crippen LogP contribution is -2.48. The maximum Gasteiger partial charge on any atom is 0.280 e. The van der Waals surface area contributed by atoms with Crippen LogP contribution in [-0.2, 0) is 11.3 Å². The van der Waals surface area contributed by atoms with Gasteiger partial charge >= 0.3 is 0 Å². The molecule has 8 nitrogen and oxygen atoms in total. The van der Waals surface area contributed by atoms with Crippen molar-refractivity contribution in [3.63, 3.8) is 0 Å². The molecule has 1 aromatic heterocycles. The number of carbonyl (C=O) groups excluding carboxylic acids is 2. The number of piperazine rings is 1. The first-order valence-electron chi connectivity index (χ1n) is 10.7. The fourth-order valence-corrected chi connectivity index (χ4v) is 3.90. The number of aryl methyl sites for hydroxylation is 1. The molecular weight excluding hydrogens is 432 g/mol. The van der Waals surface area contributed by atoms with E-state index < -0.39 is 12.3 Å². The summed E-state index contributed by atoms with van der Waals surface area (Å²) in [5.74, 6) is -0.655. The van der Waals surface area contributed by atoms with Crippen molar-refractivity contribution in [1.82, 2.24) is 14.5 Å². The summed E-state index contributed by atoms with van der Waals surface area (Å²) in [4.78, 5) is 36.1. The highest BCUT2D eigenvalue weighted by Crippen LogP contribution is 2.23. The summed E-state index contributed by atoms with van der Waals surface area (Å²) in [5.41, 5.74) is 2.21. The highest BCUT2D eigenvalue weighted by Gasteiger charge is 2.23. The van der Waals surface area contributed by atoms with Crippen molar-refractivity contribution in [2.75, 3.05) is 38.2 Å². The second-order valence-corrected chi connectivity index (χ2v) is 8.01. The van der Waals surface area contributed by atoms with Gasteiger partial charge in [-0.25, -0.2) is 8.78 Å². The number of alkyl halides is 2. The molecule has 1 saturated heterocycles. The number of hydrogen-bond donors (Lipinski definition) is 2. The number of nitrogens with one attached hydrogen (secondary N) is 1. The molecule has 0 spiro atoms. The van der Waals surface area contributed by atoms with Crippen LogP contribution in [0, 0.1) is 0 Å². The van der Waals surface area contributed by atoms with Gasteiger partial charge in [0.05, 0.1) is 17.6 Å². The first kappa shape index (κ1) is 22.8. The van der Waals surface area contributed by atoms with E-state index >= 15 is 0 Å². The number of aliphatic hydroxyl groups excluding tert-OH is 1. The van der Waals surface area contributed by atoms with Crippen molar-refractivity contribution in [3.8, 4) is 0 Å². The third-order valence-corrected chi connectivity index (χ3v) is 5.63. The highest BCUT2D eigenvalue weighted by atomic mass is 19.3. The average Bonchev–Trinajstić information content (AvgIpc) is 3.13. The average molecular weight is 457 g/mol. The van der Waals surface area contributed by atoms with E-state index in [1.165, 1.54) is 18.2 Å². The Hall–Kier alpha value is -3.37. The number of rotatable bonds is 6. The second kappa shape index (κ2) is 9.63. The molecule has 2 heterocycles. The number of imidazole rings is 1. The molecule has 2 aromatic carbocycles. The van der Waals surface area contributed by atoms with Crippen molar-refractivity contribution in [2.24, 2.45) is 4.99 Å². The summed E-state index contributed by atoms with van der Waals surface area (Å²) in [5, 5.41) is 9.30. The van der Waals surface area contributed by atoms with Crippen molar-refractivity contribution >= 4 is 28.5 Å². The summed E-state index contributed by atoms with van der Waals surface area (Å²) in [7, 11) is 1.90. The monoisotopic (exact) mass is 457 g/mol. The Morgan fingerprint density at radius 1 is 1.21 bits per heavy atom. The predicted octanol–water partition coefficient (Wildman–Crippen LogP) is 2.31. The lowest BCUT2D eigenvalue weighted by molar-refractivity contribution is -0.120. The van der Waals surface area contributed by atoms with Crippen molar-refractivity contribution in [2.45, 2.75) is 19.4 Å². The maximum atomic E-state index is 13.0. The smallest absolute Gasteiger partial charge is 0.280 e. The maximum absolute atomic E-state index is 13.0. The van der Waals surface area contributed by atoms with Crippen LogP contribution in [0.1, 0.15) is 28.8 Å². The van der Waals surface area contributed by atoms with Crippen LogP contribution in [0.3, 0.4) is 0 Å². The summed E-state index contributed by atoms with van der Waals surface area (Å²) in [6.45, 7) is 2.02. The topological polar surface area (TPSA) is 93.9 Å². The number of nitrogens with zero attached hydrogens (tertiary/aromatic N) is 4. The summed E-state index contributed by atoms with van der Waals surface area (Å²) in [6, 6.07) is 10.7. The Morgan fingerprint density at radius 2 is 2.03 bits per heavy atom. The quantitative estimate of drug-likeness (QED) is 0.594. The van der Waals surface area contributed by atoms with Crippen LogP contribution in [0.5, 0.6) is 0 Å². The number of anilines is 1. The zero-order chi connectivity index (χ0) is 23.5. The first-order chi connectivity index (χ1) is 15.9. The van der Waals surface area contributed by atoms with Crippen LogP contribution < -0.4 is 10.5 Å². The third kappa shape index (κ3) is 4.86. The zero-order valence-electron chi connectivity index (χ0n) is 18.2. The number of fused-ring (bicyclic) bond motifs is 1. The van der Waals surface area contributed by atoms with Crippen molar-refractivity contribution < 1.29 is 23.5 Å². The van der Waals surface area contributed by atoms with Crippen LogP contribution in [-0.4, -0.2) is 64.7 Å². The van der Waals surface area contributed by atoms with E-state index in [-0.39, 0.29) is 29.3 Å². The number of hydrogen-bond acceptors (Lipinski definition) is 4. The molecule has 4 rings (SSSR count). The van der Waals surface area contributed by atoms with Gasteiger partial charge in [-0.2, -0.15) is 4.99 Å². The molecule has 33 heavy (non-hydrogen) atoms. The lowest BCUT2D eigenvalue weighted by Gasteiger charge is -2.32. The number of benzene rings is 2. The van der Waals surface area contributed by atoms with Crippen LogP contribution in [0.2, 0.25) is 0 Å². The van der Waals surface area contributed by atoms with Crippen LogP contribution in [0.4, 0.5) is 14.5 Å². The van der Waals surface area contributed by atoms with Gasteiger partial charge in [0.2, 0.25) is 11.5 Å². The highest BCUT2D eigenvalue weighted by molar-refractivity contribution is 5.97. The van der Waals surface area contributed by atoms with Gasteiger partial charge in [0.25, 0.3) is 12.3 Å². The van der Waals surface area contributed by atoms with E-state index in [1.807, 2.05) is 30.1 Å². The molecule has 3 aromatic rings. The van der Waals surface area contributed by atoms with Crippen molar-refractivity contribution in [1.29, 1.82) is 0 Å². The molecular formula is C23H25F2N5O3. The van der Waals surface area contributed by atoms with E-state index in [2.05, 4.69) is 9.98 Å². The van der Waals surface area contributed by atoms with Crippen LogP contribution >= 0.6 is 0 Å².